The normalized spacial score (nSPS) is 12.6. The molecule has 0 spiro atoms. The SMILES string of the molecule is COc1ccc2c(c1)CN(P(=O)(OC)c1ccccc1)CCS2.COc1ccc2c(c1)CNCCS2.Cc1ccccc1.O=[P+]([O-])Cl.S=S=S=S=S=S=S=S=S=S=S=S=S=S=S=S=S=S=S=S=S=S=S=S=S=S. The Morgan fingerprint density at radius 3 is 1.37 bits per heavy atom. The summed E-state index contributed by atoms with van der Waals surface area (Å²) in [5.41, 5.74) is 3.80. The third-order valence-electron chi connectivity index (χ3n) is 7.63. The van der Waals surface area contributed by atoms with Gasteiger partial charge in [-0.3, -0.25) is 4.57 Å². The van der Waals surface area contributed by atoms with Gasteiger partial charge in [-0.1, -0.05) is 58.7 Å². The van der Waals surface area contributed by atoms with E-state index < -0.39 is 14.9 Å². The van der Waals surface area contributed by atoms with Gasteiger partial charge in [0.25, 0.3) is 0 Å². The van der Waals surface area contributed by atoms with E-state index in [-0.39, 0.29) is 0 Å². The molecule has 0 bridgehead atoms. The van der Waals surface area contributed by atoms with Crippen LogP contribution >= 0.6 is 49.7 Å². The van der Waals surface area contributed by atoms with Crippen LogP contribution in [0.4, 0.5) is 0 Å². The fourth-order valence-electron chi connectivity index (χ4n) is 4.91. The Kier molecular flexibility index (Phi) is 49.6. The highest BCUT2D eigenvalue weighted by Crippen LogP contribution is 2.51. The second-order valence-corrected chi connectivity index (χ2v) is 60.2. The minimum Gasteiger partial charge on any atom is -0.579 e. The number of nitrogens with zero attached hydrogens (tertiary/aromatic N) is 1. The van der Waals surface area contributed by atoms with Gasteiger partial charge in [0.05, 0.1) is 19.5 Å². The van der Waals surface area contributed by atoms with Crippen molar-refractivity contribution in [3.63, 3.8) is 0 Å². The quantitative estimate of drug-likeness (QED) is 0.197. The Morgan fingerprint density at radius 1 is 0.603 bits per heavy atom. The molecule has 8 nitrogen and oxygen atoms in total. The molecule has 2 unspecified atom stereocenters. The molecule has 408 valence electrons. The van der Waals surface area contributed by atoms with Crippen LogP contribution < -0.4 is 25.0 Å². The third-order valence-corrected chi connectivity index (χ3v) is 63.5. The van der Waals surface area contributed by atoms with E-state index in [2.05, 4.69) is 53.8 Å². The summed E-state index contributed by atoms with van der Waals surface area (Å²) in [6.45, 7) is 5.42. The van der Waals surface area contributed by atoms with Crippen molar-refractivity contribution < 1.29 is 28.0 Å². The number of benzene rings is 4. The van der Waals surface area contributed by atoms with Gasteiger partial charge in [0.2, 0.25) is 11.2 Å². The van der Waals surface area contributed by atoms with E-state index >= 15 is 0 Å². The molecule has 73 heavy (non-hydrogen) atoms. The van der Waals surface area contributed by atoms with E-state index in [1.807, 2.05) is 154 Å². The molecule has 0 radical (unpaired) electrons. The Balaban J connectivity index is 0.000000349. The minimum atomic E-state index is -3.06. The molecule has 2 atom stereocenters. The Morgan fingerprint density at radius 2 is 0.986 bits per heavy atom. The van der Waals surface area contributed by atoms with Crippen LogP contribution in [0.15, 0.2) is 107 Å². The molecule has 2 aliphatic heterocycles. The molecule has 2 heterocycles. The lowest BCUT2D eigenvalue weighted by molar-refractivity contribution is -0.158. The fourth-order valence-corrected chi connectivity index (χ4v) is 69.4. The van der Waals surface area contributed by atoms with Crippen molar-refractivity contribution in [3.05, 3.63) is 114 Å². The molecular formula is C34H41ClN2O6P2S28. The van der Waals surface area contributed by atoms with Gasteiger partial charge in [-0.2, -0.15) is 0 Å². The highest BCUT2D eigenvalue weighted by Gasteiger charge is 2.34. The van der Waals surface area contributed by atoms with Crippen LogP contribution in [0.25, 0.3) is 0 Å². The van der Waals surface area contributed by atoms with Crippen LogP contribution in [0.5, 0.6) is 11.5 Å². The van der Waals surface area contributed by atoms with Crippen LogP contribution in [0.3, 0.4) is 0 Å². The van der Waals surface area contributed by atoms with Crippen molar-refractivity contribution in [1.29, 1.82) is 0 Å². The molecule has 2 aliphatic rings. The maximum absolute atomic E-state index is 13.5. The first-order valence-corrected chi connectivity index (χ1v) is 57.9. The van der Waals surface area contributed by atoms with E-state index in [9.17, 15) is 4.57 Å². The van der Waals surface area contributed by atoms with Crippen LogP contribution in [0, 0.1) is 6.92 Å². The zero-order valence-electron chi connectivity index (χ0n) is 37.6. The average molecular weight is 1570 g/mol. The topological polar surface area (TPSA) is 100 Å². The zero-order chi connectivity index (χ0) is 53.0. The molecule has 4 aromatic carbocycles. The summed E-state index contributed by atoms with van der Waals surface area (Å²) in [7, 11) is 41.0. The van der Waals surface area contributed by atoms with Crippen molar-refractivity contribution in [1.82, 2.24) is 9.99 Å². The molecule has 4 aromatic rings. The molecule has 0 saturated heterocycles. The van der Waals surface area contributed by atoms with E-state index in [1.165, 1.54) is 45.8 Å². The Bertz CT molecular complexity index is 3480. The number of thioether (sulfide) groups is 2. The monoisotopic (exact) mass is 1570 g/mol. The molecular weight excluding hydrogens is 1530 g/mol. The lowest BCUT2D eigenvalue weighted by atomic mass is 10.2. The summed E-state index contributed by atoms with van der Waals surface area (Å²) in [6, 6.07) is 32.0. The molecule has 1 N–H and O–H groups in total. The van der Waals surface area contributed by atoms with E-state index in [4.69, 9.17) is 45.8 Å². The first kappa shape index (κ1) is 72.5. The maximum Gasteiger partial charge on any atom is 0.430 e. The lowest BCUT2D eigenvalue weighted by Crippen LogP contribution is -2.28. The van der Waals surface area contributed by atoms with Crippen molar-refractivity contribution in [2.24, 2.45) is 0 Å². The number of methoxy groups -OCH3 is 2. The maximum atomic E-state index is 13.5. The minimum absolute atomic E-state index is 0.583. The number of hydrogen-bond acceptors (Lipinski definition) is 11. The van der Waals surface area contributed by atoms with Gasteiger partial charge in [-0.15, -0.1) is 23.5 Å². The number of nitrogens with one attached hydrogen (secondary N) is 1. The van der Waals surface area contributed by atoms with Crippen molar-refractivity contribution in [2.45, 2.75) is 29.8 Å². The van der Waals surface area contributed by atoms with Crippen molar-refractivity contribution in [2.75, 3.05) is 45.9 Å². The van der Waals surface area contributed by atoms with E-state index in [0.717, 1.165) is 47.0 Å². The average Bonchev–Trinajstić information content (AvgIpc) is 3.79. The van der Waals surface area contributed by atoms with Gasteiger partial charge in [0.15, 0.2) is 0 Å². The predicted octanol–water partition coefficient (Wildman–Crippen LogP) is 7.83. The summed E-state index contributed by atoms with van der Waals surface area (Å²) >= 11 is 17.5. The highest BCUT2D eigenvalue weighted by atomic mass is 35.7. The number of hydrogen-bond donors (Lipinski definition) is 1. The van der Waals surface area contributed by atoms with Gasteiger partial charge in [0, 0.05) is 290 Å². The van der Waals surface area contributed by atoms with Crippen LogP contribution in [-0.4, -0.2) is 50.6 Å². The summed E-state index contributed by atoms with van der Waals surface area (Å²) in [5.74, 6) is 3.79. The van der Waals surface area contributed by atoms with Gasteiger partial charge in [0.1, 0.15) is 11.5 Å². The van der Waals surface area contributed by atoms with E-state index in [0.29, 0.717) is 13.1 Å². The number of aryl methyl sites for hydroxylation is 1. The van der Waals surface area contributed by atoms with Crippen molar-refractivity contribution in [3.8, 4) is 11.5 Å². The standard InChI is InChI=1S/C17H20NO3PS.C10H13NOS.C7H8.ClO2P.S26/c1-20-15-8-9-17-14(12-15)13-18(10-11-23-17)22(19,21-2)16-6-4-3-5-7-16;1-12-9-2-3-10-8(6-9)7-11-4-5-13-10;1-7-5-3-2-4-6-7;1-4(2)3;1-3-5-7-9-11-13-15-17-19-21-23-25-26-24-22-20-18-16-14-12-10-8-6-4-2/h3-9,12H,10-11,13H2,1-2H3;2-3,6,11H,4-5,7H2,1H3;2-6H,1H3;;. The molecule has 39 heteroatoms. The molecule has 6 rings (SSSR count). The summed E-state index contributed by atoms with van der Waals surface area (Å²) in [4.78, 5) is 11.4. The Labute approximate surface area is 520 Å². The van der Waals surface area contributed by atoms with Gasteiger partial charge in [-0.25, -0.2) is 4.67 Å². The van der Waals surface area contributed by atoms with Gasteiger partial charge >= 0.3 is 14.9 Å². The second-order valence-electron chi connectivity index (χ2n) is 11.7. The molecule has 0 aromatic heterocycles. The Hall–Kier alpha value is 3.36. The first-order valence-electron chi connectivity index (χ1n) is 19.0. The molecule has 0 fully saturated rings. The van der Waals surface area contributed by atoms with E-state index in [1.54, 1.807) is 150 Å². The number of rotatable bonds is 5. The second kappa shape index (κ2) is 49.9. The predicted molar refractivity (Wildman–Crippen MR) is 386 cm³/mol. The van der Waals surface area contributed by atoms with Crippen molar-refractivity contribution >= 4 is 290 Å². The third kappa shape index (κ3) is 36.5. The first-order chi connectivity index (χ1) is 35.6. The summed E-state index contributed by atoms with van der Waals surface area (Å²) < 4.78 is 40.3. The largest absolute Gasteiger partial charge is 0.579 e. The zero-order valence-corrected chi connectivity index (χ0v) is 63.0. The number of halogens is 1. The summed E-state index contributed by atoms with van der Waals surface area (Å²) in [6.07, 6.45) is 0. The van der Waals surface area contributed by atoms with Crippen LogP contribution in [0.1, 0.15) is 16.7 Å². The molecule has 0 saturated carbocycles. The molecule has 0 amide bonds. The number of fused-ring (bicyclic) bond motifs is 2. The van der Waals surface area contributed by atoms with Gasteiger partial charge in [-0.05, 0) is 66.6 Å². The molecule has 0 aliphatic carbocycles. The fraction of sp³-hybridized carbons (Fsp3) is 0.294. The van der Waals surface area contributed by atoms with Gasteiger partial charge < -0.3 is 24.2 Å². The number of ether oxygens (including phenoxy) is 2. The van der Waals surface area contributed by atoms with Crippen LogP contribution in [0.2, 0.25) is 0 Å². The summed E-state index contributed by atoms with van der Waals surface area (Å²) in [5, 5.41) is 4.11. The lowest BCUT2D eigenvalue weighted by Gasteiger charge is -2.29. The smallest absolute Gasteiger partial charge is 0.430 e. The highest BCUT2D eigenvalue weighted by molar-refractivity contribution is 8.79. The van der Waals surface area contributed by atoms with Crippen LogP contribution in [-0.2, 0) is 262 Å².